The van der Waals surface area contributed by atoms with Crippen LogP contribution in [0.2, 0.25) is 0 Å². The van der Waals surface area contributed by atoms with Gasteiger partial charge in [0.25, 0.3) is 11.8 Å². The lowest BCUT2D eigenvalue weighted by atomic mass is 10.1. The average Bonchev–Trinajstić information content (AvgIpc) is 3.10. The van der Waals surface area contributed by atoms with Gasteiger partial charge in [0.15, 0.2) is 12.4 Å². The maximum Gasteiger partial charge on any atom is 0.286 e. The Kier molecular flexibility index (Phi) is 5.61. The SMILES string of the molecule is CCCCCNC(=O)c1ccc(CN2C(=O)COc3cc(C)ccc32)o1. The summed E-state index contributed by atoms with van der Waals surface area (Å²) < 4.78 is 11.2. The first-order valence-electron chi connectivity index (χ1n) is 8.99. The molecule has 3 rings (SSSR count). The van der Waals surface area contributed by atoms with Gasteiger partial charge in [0, 0.05) is 6.54 Å². The van der Waals surface area contributed by atoms with E-state index in [1.54, 1.807) is 17.0 Å². The highest BCUT2D eigenvalue weighted by molar-refractivity contribution is 5.97. The summed E-state index contributed by atoms with van der Waals surface area (Å²) in [4.78, 5) is 26.0. The lowest BCUT2D eigenvalue weighted by molar-refractivity contribution is -0.121. The van der Waals surface area contributed by atoms with Gasteiger partial charge in [-0.25, -0.2) is 0 Å². The van der Waals surface area contributed by atoms with Crippen molar-refractivity contribution in [1.29, 1.82) is 0 Å². The Bertz CT molecular complexity index is 797. The van der Waals surface area contributed by atoms with Gasteiger partial charge in [-0.3, -0.25) is 14.5 Å². The fourth-order valence-corrected chi connectivity index (χ4v) is 2.89. The molecular formula is C20H24N2O4. The number of rotatable bonds is 7. The van der Waals surface area contributed by atoms with Crippen molar-refractivity contribution in [3.63, 3.8) is 0 Å². The number of ether oxygens (including phenoxy) is 1. The highest BCUT2D eigenvalue weighted by Gasteiger charge is 2.26. The summed E-state index contributed by atoms with van der Waals surface area (Å²) >= 11 is 0. The standard InChI is InChI=1S/C20H24N2O4/c1-3-4-5-10-21-20(24)17-9-7-15(26-17)12-22-16-8-6-14(2)11-18(16)25-13-19(22)23/h6-9,11H,3-5,10,12-13H2,1-2H3,(H,21,24). The van der Waals surface area contributed by atoms with Crippen LogP contribution in [0.3, 0.4) is 0 Å². The van der Waals surface area contributed by atoms with Gasteiger partial charge < -0.3 is 14.5 Å². The molecule has 0 aliphatic carbocycles. The second-order valence-electron chi connectivity index (χ2n) is 6.47. The van der Waals surface area contributed by atoms with E-state index in [0.29, 0.717) is 23.7 Å². The van der Waals surface area contributed by atoms with Crippen LogP contribution in [0, 0.1) is 6.92 Å². The van der Waals surface area contributed by atoms with Crippen molar-refractivity contribution >= 4 is 17.5 Å². The van der Waals surface area contributed by atoms with Crippen LogP contribution in [0.4, 0.5) is 5.69 Å². The zero-order valence-electron chi connectivity index (χ0n) is 15.2. The van der Waals surface area contributed by atoms with Gasteiger partial charge in [-0.15, -0.1) is 0 Å². The topological polar surface area (TPSA) is 71.8 Å². The smallest absolute Gasteiger partial charge is 0.286 e. The number of amides is 2. The zero-order chi connectivity index (χ0) is 18.5. The van der Waals surface area contributed by atoms with Gasteiger partial charge in [-0.1, -0.05) is 25.8 Å². The lowest BCUT2D eigenvalue weighted by Crippen LogP contribution is -2.38. The number of unbranched alkanes of at least 4 members (excludes halogenated alkanes) is 2. The quantitative estimate of drug-likeness (QED) is 0.772. The molecule has 26 heavy (non-hydrogen) atoms. The normalized spacial score (nSPS) is 13.3. The van der Waals surface area contributed by atoms with Gasteiger partial charge in [0.05, 0.1) is 12.2 Å². The monoisotopic (exact) mass is 356 g/mol. The van der Waals surface area contributed by atoms with Crippen molar-refractivity contribution in [2.45, 2.75) is 39.7 Å². The first-order chi connectivity index (χ1) is 12.6. The molecule has 0 radical (unpaired) electrons. The minimum Gasteiger partial charge on any atom is -0.482 e. The molecule has 1 aromatic carbocycles. The molecule has 0 saturated carbocycles. The predicted molar refractivity (Wildman–Crippen MR) is 98.4 cm³/mol. The number of aryl methyl sites for hydroxylation is 1. The number of anilines is 1. The Hall–Kier alpha value is -2.76. The summed E-state index contributed by atoms with van der Waals surface area (Å²) in [6.07, 6.45) is 3.14. The first-order valence-corrected chi connectivity index (χ1v) is 8.99. The predicted octanol–water partition coefficient (Wildman–Crippen LogP) is 3.43. The van der Waals surface area contributed by atoms with Gasteiger partial charge in [0.2, 0.25) is 0 Å². The molecule has 0 atom stereocenters. The largest absolute Gasteiger partial charge is 0.482 e. The fourth-order valence-electron chi connectivity index (χ4n) is 2.89. The van der Waals surface area contributed by atoms with Crippen LogP contribution in [0.5, 0.6) is 5.75 Å². The Morgan fingerprint density at radius 1 is 1.23 bits per heavy atom. The van der Waals surface area contributed by atoms with E-state index in [-0.39, 0.29) is 30.7 Å². The second-order valence-corrected chi connectivity index (χ2v) is 6.47. The van der Waals surface area contributed by atoms with E-state index in [1.807, 2.05) is 25.1 Å². The van der Waals surface area contributed by atoms with Crippen LogP contribution in [0.1, 0.15) is 48.1 Å². The zero-order valence-corrected chi connectivity index (χ0v) is 15.2. The number of hydrogen-bond acceptors (Lipinski definition) is 4. The molecule has 0 bridgehead atoms. The number of carbonyl (C=O) groups is 2. The van der Waals surface area contributed by atoms with Crippen LogP contribution in [0.25, 0.3) is 0 Å². The van der Waals surface area contributed by atoms with Gasteiger partial charge in [-0.05, 0) is 43.2 Å². The highest BCUT2D eigenvalue weighted by Crippen LogP contribution is 2.33. The molecular weight excluding hydrogens is 332 g/mol. The Morgan fingerprint density at radius 3 is 2.88 bits per heavy atom. The summed E-state index contributed by atoms with van der Waals surface area (Å²) in [6, 6.07) is 9.09. The molecule has 138 valence electrons. The average molecular weight is 356 g/mol. The molecule has 2 aromatic rings. The number of carbonyl (C=O) groups excluding carboxylic acids is 2. The Balaban J connectivity index is 1.67. The molecule has 1 aliphatic heterocycles. The van der Waals surface area contributed by atoms with Crippen LogP contribution >= 0.6 is 0 Å². The minimum absolute atomic E-state index is 0.00192. The van der Waals surface area contributed by atoms with Crippen molar-refractivity contribution in [1.82, 2.24) is 5.32 Å². The molecule has 2 amide bonds. The van der Waals surface area contributed by atoms with Crippen LogP contribution < -0.4 is 15.0 Å². The third-order valence-corrected chi connectivity index (χ3v) is 4.32. The molecule has 0 saturated heterocycles. The maximum absolute atomic E-state index is 12.3. The minimum atomic E-state index is -0.225. The number of furan rings is 1. The van der Waals surface area contributed by atoms with E-state index in [1.165, 1.54) is 0 Å². The van der Waals surface area contributed by atoms with Crippen molar-refractivity contribution in [2.24, 2.45) is 0 Å². The fraction of sp³-hybridized carbons (Fsp3) is 0.400. The molecule has 2 heterocycles. The van der Waals surface area contributed by atoms with Crippen molar-refractivity contribution in [3.05, 3.63) is 47.4 Å². The van der Waals surface area contributed by atoms with Crippen molar-refractivity contribution in [3.8, 4) is 5.75 Å². The van der Waals surface area contributed by atoms with Gasteiger partial charge in [0.1, 0.15) is 11.5 Å². The van der Waals surface area contributed by atoms with Crippen LogP contribution in [-0.4, -0.2) is 25.0 Å². The summed E-state index contributed by atoms with van der Waals surface area (Å²) in [5, 5.41) is 2.85. The van der Waals surface area contributed by atoms with Gasteiger partial charge >= 0.3 is 0 Å². The molecule has 0 unspecified atom stereocenters. The molecule has 1 N–H and O–H groups in total. The number of fused-ring (bicyclic) bond motifs is 1. The summed E-state index contributed by atoms with van der Waals surface area (Å²) in [5.74, 6) is 1.15. The lowest BCUT2D eigenvalue weighted by Gasteiger charge is -2.28. The molecule has 6 heteroatoms. The van der Waals surface area contributed by atoms with Crippen LogP contribution in [0.15, 0.2) is 34.7 Å². The van der Waals surface area contributed by atoms with E-state index in [9.17, 15) is 9.59 Å². The van der Waals surface area contributed by atoms with E-state index < -0.39 is 0 Å². The summed E-state index contributed by atoms with van der Waals surface area (Å²) in [5.41, 5.74) is 1.78. The third-order valence-electron chi connectivity index (χ3n) is 4.32. The van der Waals surface area contributed by atoms with Crippen molar-refractivity contribution in [2.75, 3.05) is 18.1 Å². The van der Waals surface area contributed by atoms with E-state index >= 15 is 0 Å². The molecule has 1 aromatic heterocycles. The van der Waals surface area contributed by atoms with Crippen LogP contribution in [-0.2, 0) is 11.3 Å². The second kappa shape index (κ2) is 8.08. The third kappa shape index (κ3) is 4.07. The highest BCUT2D eigenvalue weighted by atomic mass is 16.5. The number of nitrogens with one attached hydrogen (secondary N) is 1. The Labute approximate surface area is 153 Å². The van der Waals surface area contributed by atoms with E-state index in [4.69, 9.17) is 9.15 Å². The molecule has 1 aliphatic rings. The molecule has 6 nitrogen and oxygen atoms in total. The molecule has 0 spiro atoms. The molecule has 0 fully saturated rings. The number of benzene rings is 1. The van der Waals surface area contributed by atoms with Gasteiger partial charge in [-0.2, -0.15) is 0 Å². The number of nitrogens with zero attached hydrogens (tertiary/aromatic N) is 1. The first kappa shape index (κ1) is 18.0. The van der Waals surface area contributed by atoms with Crippen molar-refractivity contribution < 1.29 is 18.7 Å². The maximum atomic E-state index is 12.3. The van der Waals surface area contributed by atoms with E-state index in [0.717, 1.165) is 24.8 Å². The summed E-state index contributed by atoms with van der Waals surface area (Å²) in [7, 11) is 0. The van der Waals surface area contributed by atoms with E-state index in [2.05, 4.69) is 12.2 Å². The number of hydrogen-bond donors (Lipinski definition) is 1. The Morgan fingerprint density at radius 2 is 2.08 bits per heavy atom. The summed E-state index contributed by atoms with van der Waals surface area (Å²) in [6.45, 7) is 5.00.